The molecule has 0 aliphatic heterocycles. The van der Waals surface area contributed by atoms with Crippen LogP contribution in [0.5, 0.6) is 0 Å². The molecule has 0 aromatic carbocycles. The molecule has 1 atom stereocenters. The van der Waals surface area contributed by atoms with Crippen LogP contribution >= 0.6 is 0 Å². The van der Waals surface area contributed by atoms with Gasteiger partial charge in [-0.05, 0) is 24.8 Å². The van der Waals surface area contributed by atoms with Gasteiger partial charge in [0.1, 0.15) is 0 Å². The molecule has 0 aliphatic carbocycles. The maximum Gasteiger partial charge on any atom is 0.0787 e. The minimum atomic E-state index is 0.717. The Balaban J connectivity index is 3.48. The highest BCUT2D eigenvalue weighted by atomic mass is 16.5. The molecule has 0 rings (SSSR count). The van der Waals surface area contributed by atoms with Gasteiger partial charge < -0.3 is 4.74 Å². The molecule has 0 radical (unpaired) electrons. The minimum Gasteiger partial charge on any atom is -0.505 e. The van der Waals surface area contributed by atoms with Crippen molar-refractivity contribution in [2.75, 3.05) is 7.11 Å². The summed E-state index contributed by atoms with van der Waals surface area (Å²) in [5, 5.41) is 0. The van der Waals surface area contributed by atoms with Gasteiger partial charge in [-0.2, -0.15) is 0 Å². The molecule has 0 saturated heterocycles. The van der Waals surface area contributed by atoms with Crippen LogP contribution in [0.4, 0.5) is 0 Å². The van der Waals surface area contributed by atoms with Gasteiger partial charge in [-0.1, -0.05) is 26.7 Å². The minimum absolute atomic E-state index is 0.717. The van der Waals surface area contributed by atoms with Gasteiger partial charge in [-0.25, -0.2) is 0 Å². The van der Waals surface area contributed by atoms with E-state index >= 15 is 0 Å². The van der Waals surface area contributed by atoms with Crippen LogP contribution in [0, 0.1) is 5.92 Å². The smallest absolute Gasteiger partial charge is 0.0787 e. The molecular weight excluding hydrogens is 136 g/mol. The Labute approximate surface area is 70.4 Å². The number of methoxy groups -OCH3 is 1. The second kappa shape index (κ2) is 7.64. The summed E-state index contributed by atoms with van der Waals surface area (Å²) in [6.45, 7) is 4.45. The third-order valence-corrected chi connectivity index (χ3v) is 1.94. The Bertz CT molecular complexity index is 97.0. The summed E-state index contributed by atoms with van der Waals surface area (Å²) < 4.78 is 4.87. The lowest BCUT2D eigenvalue weighted by atomic mass is 10.00. The summed E-state index contributed by atoms with van der Waals surface area (Å²) in [6, 6.07) is 0. The maximum atomic E-state index is 4.87. The quantitative estimate of drug-likeness (QED) is 0.536. The zero-order chi connectivity index (χ0) is 8.53. The van der Waals surface area contributed by atoms with E-state index in [1.807, 2.05) is 0 Å². The number of ether oxygens (including phenoxy) is 1. The molecule has 0 aromatic heterocycles. The number of rotatable bonds is 6. The predicted molar refractivity (Wildman–Crippen MR) is 49.5 cm³/mol. The first-order valence-corrected chi connectivity index (χ1v) is 4.54. The number of hydrogen-bond donors (Lipinski definition) is 0. The van der Waals surface area contributed by atoms with Crippen molar-refractivity contribution >= 4 is 0 Å². The van der Waals surface area contributed by atoms with Crippen molar-refractivity contribution in [2.24, 2.45) is 5.92 Å². The van der Waals surface area contributed by atoms with E-state index in [0.29, 0.717) is 0 Å². The summed E-state index contributed by atoms with van der Waals surface area (Å²) in [7, 11) is 1.70. The van der Waals surface area contributed by atoms with Gasteiger partial charge in [0.2, 0.25) is 0 Å². The molecule has 1 unspecified atom stereocenters. The first-order chi connectivity index (χ1) is 5.35. The van der Waals surface area contributed by atoms with Crippen LogP contribution in [-0.2, 0) is 4.74 Å². The van der Waals surface area contributed by atoms with Crippen LogP contribution in [0.25, 0.3) is 0 Å². The fourth-order valence-electron chi connectivity index (χ4n) is 1.09. The van der Waals surface area contributed by atoms with Gasteiger partial charge in [0, 0.05) is 0 Å². The number of hydrogen-bond acceptors (Lipinski definition) is 1. The monoisotopic (exact) mass is 156 g/mol. The third kappa shape index (κ3) is 5.96. The van der Waals surface area contributed by atoms with Crippen molar-refractivity contribution in [2.45, 2.75) is 39.5 Å². The highest BCUT2D eigenvalue weighted by Gasteiger charge is 1.99. The summed E-state index contributed by atoms with van der Waals surface area (Å²) in [5.41, 5.74) is 0. The van der Waals surface area contributed by atoms with E-state index in [2.05, 4.69) is 19.9 Å². The highest BCUT2D eigenvalue weighted by Crippen LogP contribution is 2.13. The van der Waals surface area contributed by atoms with Crippen molar-refractivity contribution in [1.82, 2.24) is 0 Å². The Kier molecular flexibility index (Phi) is 7.33. The lowest BCUT2D eigenvalue weighted by Gasteiger charge is -2.07. The molecule has 0 heterocycles. The van der Waals surface area contributed by atoms with Crippen molar-refractivity contribution < 1.29 is 4.74 Å². The average Bonchev–Trinajstić information content (AvgIpc) is 2.05. The van der Waals surface area contributed by atoms with Crippen LogP contribution in [0.1, 0.15) is 39.5 Å². The van der Waals surface area contributed by atoms with E-state index in [9.17, 15) is 0 Å². The van der Waals surface area contributed by atoms with Crippen molar-refractivity contribution in [1.29, 1.82) is 0 Å². The van der Waals surface area contributed by atoms with E-state index in [4.69, 9.17) is 4.74 Å². The molecule has 0 fully saturated rings. The molecule has 0 saturated carbocycles. The normalized spacial score (nSPS) is 13.7. The van der Waals surface area contributed by atoms with Gasteiger partial charge in [-0.15, -0.1) is 0 Å². The first-order valence-electron chi connectivity index (χ1n) is 4.54. The van der Waals surface area contributed by atoms with Crippen molar-refractivity contribution in [3.8, 4) is 0 Å². The van der Waals surface area contributed by atoms with E-state index in [0.717, 1.165) is 5.92 Å². The van der Waals surface area contributed by atoms with Gasteiger partial charge in [0.15, 0.2) is 0 Å². The van der Waals surface area contributed by atoms with Gasteiger partial charge >= 0.3 is 0 Å². The summed E-state index contributed by atoms with van der Waals surface area (Å²) in [4.78, 5) is 0. The van der Waals surface area contributed by atoms with E-state index in [1.54, 1.807) is 13.4 Å². The number of allylic oxidation sites excluding steroid dienone is 1. The molecule has 0 N–H and O–H groups in total. The number of unbranched alkanes of at least 4 members (excludes halogenated alkanes) is 1. The molecule has 0 aromatic rings. The molecule has 0 bridgehead atoms. The fraction of sp³-hybridized carbons (Fsp3) is 0.800. The lowest BCUT2D eigenvalue weighted by molar-refractivity contribution is 0.332. The summed E-state index contributed by atoms with van der Waals surface area (Å²) in [5.74, 6) is 0.717. The molecular formula is C10H20O. The molecule has 1 heteroatoms. The van der Waals surface area contributed by atoms with E-state index in [-0.39, 0.29) is 0 Å². The Hall–Kier alpha value is -0.460. The molecule has 0 aliphatic rings. The largest absolute Gasteiger partial charge is 0.505 e. The zero-order valence-corrected chi connectivity index (χ0v) is 7.97. The Morgan fingerprint density at radius 2 is 2.09 bits per heavy atom. The van der Waals surface area contributed by atoms with Crippen LogP contribution < -0.4 is 0 Å². The van der Waals surface area contributed by atoms with Gasteiger partial charge in [0.25, 0.3) is 0 Å². The van der Waals surface area contributed by atoms with Crippen LogP contribution in [-0.4, -0.2) is 7.11 Å². The SMILES string of the molecule is CCCCC(/C=C\OC)CC. The second-order valence-electron chi connectivity index (χ2n) is 2.87. The topological polar surface area (TPSA) is 9.23 Å². The molecule has 0 spiro atoms. The standard InChI is InChI=1S/C10H20O/c1-4-6-7-10(5-2)8-9-11-3/h8-10H,4-7H2,1-3H3/b9-8-. The van der Waals surface area contributed by atoms with Gasteiger partial charge in [-0.3, -0.25) is 0 Å². The first kappa shape index (κ1) is 10.5. The van der Waals surface area contributed by atoms with E-state index < -0.39 is 0 Å². The predicted octanol–water partition coefficient (Wildman–Crippen LogP) is 3.36. The zero-order valence-electron chi connectivity index (χ0n) is 7.97. The summed E-state index contributed by atoms with van der Waals surface area (Å²) >= 11 is 0. The fourth-order valence-corrected chi connectivity index (χ4v) is 1.09. The molecule has 66 valence electrons. The van der Waals surface area contributed by atoms with Crippen LogP contribution in [0.2, 0.25) is 0 Å². The van der Waals surface area contributed by atoms with Crippen molar-refractivity contribution in [3.05, 3.63) is 12.3 Å². The lowest BCUT2D eigenvalue weighted by Crippen LogP contribution is -1.93. The Morgan fingerprint density at radius 1 is 1.36 bits per heavy atom. The van der Waals surface area contributed by atoms with Crippen LogP contribution in [0.3, 0.4) is 0 Å². The second-order valence-corrected chi connectivity index (χ2v) is 2.87. The average molecular weight is 156 g/mol. The summed E-state index contributed by atoms with van der Waals surface area (Å²) in [6.07, 6.45) is 9.09. The van der Waals surface area contributed by atoms with Crippen molar-refractivity contribution in [3.63, 3.8) is 0 Å². The highest BCUT2D eigenvalue weighted by molar-refractivity contribution is 4.81. The maximum absolute atomic E-state index is 4.87. The molecule has 11 heavy (non-hydrogen) atoms. The van der Waals surface area contributed by atoms with Gasteiger partial charge in [0.05, 0.1) is 13.4 Å². The Morgan fingerprint density at radius 3 is 2.55 bits per heavy atom. The molecule has 0 amide bonds. The third-order valence-electron chi connectivity index (χ3n) is 1.94. The van der Waals surface area contributed by atoms with Crippen LogP contribution in [0.15, 0.2) is 12.3 Å². The molecule has 1 nitrogen and oxygen atoms in total. The van der Waals surface area contributed by atoms with E-state index in [1.165, 1.54) is 25.7 Å².